The minimum absolute atomic E-state index is 0.754. The molecular formula is C14H14ClNOS. The summed E-state index contributed by atoms with van der Waals surface area (Å²) in [5, 5.41) is 0.754. The van der Waals surface area contributed by atoms with Gasteiger partial charge in [-0.05, 0) is 35.9 Å². The Morgan fingerprint density at radius 2 is 1.89 bits per heavy atom. The minimum Gasteiger partial charge on any atom is -0.497 e. The molecule has 2 nitrogen and oxygen atoms in total. The first-order valence-electron chi connectivity index (χ1n) is 5.50. The van der Waals surface area contributed by atoms with Crippen LogP contribution in [0.15, 0.2) is 47.4 Å². The van der Waals surface area contributed by atoms with Crippen molar-refractivity contribution in [1.82, 2.24) is 0 Å². The average molecular weight is 280 g/mol. The molecule has 0 atom stereocenters. The smallest absolute Gasteiger partial charge is 0.120 e. The quantitative estimate of drug-likeness (QED) is 0.672. The monoisotopic (exact) mass is 279 g/mol. The van der Waals surface area contributed by atoms with Gasteiger partial charge in [0.2, 0.25) is 0 Å². The third kappa shape index (κ3) is 3.34. The van der Waals surface area contributed by atoms with E-state index in [1.165, 1.54) is 5.56 Å². The van der Waals surface area contributed by atoms with Gasteiger partial charge >= 0.3 is 0 Å². The van der Waals surface area contributed by atoms with Crippen molar-refractivity contribution >= 4 is 29.1 Å². The van der Waals surface area contributed by atoms with Crippen molar-refractivity contribution in [3.8, 4) is 5.75 Å². The topological polar surface area (TPSA) is 35.2 Å². The van der Waals surface area contributed by atoms with Gasteiger partial charge in [0.1, 0.15) is 5.75 Å². The van der Waals surface area contributed by atoms with Crippen molar-refractivity contribution in [2.45, 2.75) is 10.6 Å². The third-order valence-corrected chi connectivity index (χ3v) is 3.92. The van der Waals surface area contributed by atoms with Crippen molar-refractivity contribution in [2.24, 2.45) is 0 Å². The SMILES string of the molecule is COc1ccc(N)c(SCc2ccc(Cl)cc2)c1. The Bertz CT molecular complexity index is 528. The van der Waals surface area contributed by atoms with Crippen molar-refractivity contribution in [1.29, 1.82) is 0 Å². The second-order valence-corrected chi connectivity index (χ2v) is 5.27. The molecule has 0 aromatic heterocycles. The van der Waals surface area contributed by atoms with Crippen molar-refractivity contribution < 1.29 is 4.74 Å². The van der Waals surface area contributed by atoms with E-state index < -0.39 is 0 Å². The second kappa shape index (κ2) is 6.03. The lowest BCUT2D eigenvalue weighted by Gasteiger charge is -2.08. The number of hydrogen-bond acceptors (Lipinski definition) is 3. The Labute approximate surface area is 116 Å². The van der Waals surface area contributed by atoms with Gasteiger partial charge in [0.05, 0.1) is 7.11 Å². The highest BCUT2D eigenvalue weighted by Crippen LogP contribution is 2.31. The summed E-state index contributed by atoms with van der Waals surface area (Å²) in [6.07, 6.45) is 0. The molecule has 2 N–H and O–H groups in total. The zero-order chi connectivity index (χ0) is 13.0. The van der Waals surface area contributed by atoms with Crippen LogP contribution < -0.4 is 10.5 Å². The van der Waals surface area contributed by atoms with Gasteiger partial charge in [-0.1, -0.05) is 23.7 Å². The molecule has 0 bridgehead atoms. The first-order valence-corrected chi connectivity index (χ1v) is 6.86. The second-order valence-electron chi connectivity index (χ2n) is 3.82. The molecule has 2 aromatic carbocycles. The number of benzene rings is 2. The van der Waals surface area contributed by atoms with E-state index in [2.05, 4.69) is 0 Å². The molecule has 0 aliphatic carbocycles. The summed E-state index contributed by atoms with van der Waals surface area (Å²) >= 11 is 7.54. The van der Waals surface area contributed by atoms with Crippen molar-refractivity contribution in [3.63, 3.8) is 0 Å². The fourth-order valence-electron chi connectivity index (χ4n) is 1.51. The van der Waals surface area contributed by atoms with Crippen LogP contribution in [-0.2, 0) is 5.75 Å². The molecular weight excluding hydrogens is 266 g/mol. The number of halogens is 1. The van der Waals surface area contributed by atoms with Gasteiger partial charge in [-0.15, -0.1) is 11.8 Å². The lowest BCUT2D eigenvalue weighted by molar-refractivity contribution is 0.414. The van der Waals surface area contributed by atoms with E-state index in [0.29, 0.717) is 0 Å². The molecule has 0 saturated heterocycles. The lowest BCUT2D eigenvalue weighted by atomic mass is 10.2. The fraction of sp³-hybridized carbons (Fsp3) is 0.143. The highest BCUT2D eigenvalue weighted by Gasteiger charge is 2.03. The Balaban J connectivity index is 2.07. The molecule has 0 amide bonds. The molecule has 0 aliphatic heterocycles. The Hall–Kier alpha value is -1.32. The molecule has 0 saturated carbocycles. The van der Waals surface area contributed by atoms with E-state index in [1.807, 2.05) is 42.5 Å². The highest BCUT2D eigenvalue weighted by molar-refractivity contribution is 7.98. The zero-order valence-corrected chi connectivity index (χ0v) is 11.6. The first kappa shape index (κ1) is 13.1. The van der Waals surface area contributed by atoms with Crippen molar-refractivity contribution in [2.75, 3.05) is 12.8 Å². The number of thioether (sulfide) groups is 1. The van der Waals surface area contributed by atoms with Crippen molar-refractivity contribution in [3.05, 3.63) is 53.1 Å². The van der Waals surface area contributed by atoms with E-state index in [0.717, 1.165) is 27.1 Å². The molecule has 18 heavy (non-hydrogen) atoms. The van der Waals surface area contributed by atoms with Gasteiger partial charge in [0, 0.05) is 21.4 Å². The van der Waals surface area contributed by atoms with Gasteiger partial charge in [-0.25, -0.2) is 0 Å². The highest BCUT2D eigenvalue weighted by atomic mass is 35.5. The van der Waals surface area contributed by atoms with Gasteiger partial charge in [0.25, 0.3) is 0 Å². The summed E-state index contributed by atoms with van der Waals surface area (Å²) < 4.78 is 5.19. The van der Waals surface area contributed by atoms with Crippen LogP contribution in [0.2, 0.25) is 5.02 Å². The first-order chi connectivity index (χ1) is 8.69. The van der Waals surface area contributed by atoms with Gasteiger partial charge in [-0.3, -0.25) is 0 Å². The normalized spacial score (nSPS) is 10.3. The molecule has 2 aromatic rings. The number of nitrogen functional groups attached to an aromatic ring is 1. The third-order valence-electron chi connectivity index (χ3n) is 2.53. The predicted octanol–water partition coefficient (Wildman–Crippen LogP) is 4.22. The van der Waals surface area contributed by atoms with Gasteiger partial charge < -0.3 is 10.5 Å². The van der Waals surface area contributed by atoms with E-state index in [1.54, 1.807) is 18.9 Å². The Kier molecular flexibility index (Phi) is 4.39. The molecule has 0 spiro atoms. The summed E-state index contributed by atoms with van der Waals surface area (Å²) in [5.74, 6) is 1.68. The number of nitrogens with two attached hydrogens (primary N) is 1. The summed E-state index contributed by atoms with van der Waals surface area (Å²) in [7, 11) is 1.65. The number of ether oxygens (including phenoxy) is 1. The molecule has 94 valence electrons. The van der Waals surface area contributed by atoms with E-state index in [4.69, 9.17) is 22.1 Å². The summed E-state index contributed by atoms with van der Waals surface area (Å²) in [6.45, 7) is 0. The summed E-state index contributed by atoms with van der Waals surface area (Å²) in [5.41, 5.74) is 7.92. The van der Waals surface area contributed by atoms with Crippen LogP contribution in [0.3, 0.4) is 0 Å². The van der Waals surface area contributed by atoms with Crippen LogP contribution in [0.4, 0.5) is 5.69 Å². The van der Waals surface area contributed by atoms with Gasteiger partial charge in [-0.2, -0.15) is 0 Å². The average Bonchev–Trinajstić information content (AvgIpc) is 2.40. The number of methoxy groups -OCH3 is 1. The Morgan fingerprint density at radius 1 is 1.17 bits per heavy atom. The van der Waals surface area contributed by atoms with Crippen LogP contribution in [0.25, 0.3) is 0 Å². The zero-order valence-electron chi connectivity index (χ0n) is 10.0. The molecule has 2 rings (SSSR count). The maximum atomic E-state index is 5.93. The van der Waals surface area contributed by atoms with Crippen LogP contribution in [0, 0.1) is 0 Å². The summed E-state index contributed by atoms with van der Waals surface area (Å²) in [4.78, 5) is 1.03. The maximum Gasteiger partial charge on any atom is 0.120 e. The minimum atomic E-state index is 0.754. The van der Waals surface area contributed by atoms with Crippen LogP contribution in [0.1, 0.15) is 5.56 Å². The Morgan fingerprint density at radius 3 is 2.56 bits per heavy atom. The van der Waals surface area contributed by atoms with Crippen LogP contribution >= 0.6 is 23.4 Å². The predicted molar refractivity (Wildman–Crippen MR) is 78.4 cm³/mol. The van der Waals surface area contributed by atoms with E-state index >= 15 is 0 Å². The maximum absolute atomic E-state index is 5.93. The van der Waals surface area contributed by atoms with Gasteiger partial charge in [0.15, 0.2) is 0 Å². The number of hydrogen-bond donors (Lipinski definition) is 1. The molecule has 0 radical (unpaired) electrons. The van der Waals surface area contributed by atoms with E-state index in [-0.39, 0.29) is 0 Å². The molecule has 0 unspecified atom stereocenters. The van der Waals surface area contributed by atoms with E-state index in [9.17, 15) is 0 Å². The molecule has 0 fully saturated rings. The number of rotatable bonds is 4. The molecule has 0 heterocycles. The number of anilines is 1. The van der Waals surface area contributed by atoms with Crippen LogP contribution in [-0.4, -0.2) is 7.11 Å². The largest absolute Gasteiger partial charge is 0.497 e. The molecule has 0 aliphatic rings. The fourth-order valence-corrected chi connectivity index (χ4v) is 2.58. The molecule has 4 heteroatoms. The standard InChI is InChI=1S/C14H14ClNOS/c1-17-12-6-7-13(16)14(8-12)18-9-10-2-4-11(15)5-3-10/h2-8H,9,16H2,1H3. The summed E-state index contributed by atoms with van der Waals surface area (Å²) in [6, 6.07) is 13.5. The lowest BCUT2D eigenvalue weighted by Crippen LogP contribution is -1.91. The van der Waals surface area contributed by atoms with Crippen LogP contribution in [0.5, 0.6) is 5.75 Å².